The van der Waals surface area contributed by atoms with Crippen LogP contribution in [0.25, 0.3) is 0 Å². The number of nitrogens with zero attached hydrogens (tertiary/aromatic N) is 1. The molecule has 0 aromatic heterocycles. The Morgan fingerprint density at radius 2 is 1.14 bits per heavy atom. The van der Waals surface area contributed by atoms with E-state index in [9.17, 15) is 9.32 Å². The summed E-state index contributed by atoms with van der Waals surface area (Å²) in [6, 6.07) is 38.5. The molecule has 0 aliphatic carbocycles. The molecule has 0 amide bonds. The maximum atomic E-state index is 13.2. The highest BCUT2D eigenvalue weighted by Crippen LogP contribution is 2.21. The number of aliphatic hydroxyl groups is 1. The van der Waals surface area contributed by atoms with Gasteiger partial charge in [0.15, 0.2) is 0 Å². The Kier molecular flexibility index (Phi) is 9.02. The monoisotopic (exact) mass is 483 g/mol. The van der Waals surface area contributed by atoms with Crippen molar-refractivity contribution in [1.29, 1.82) is 0 Å². The van der Waals surface area contributed by atoms with Crippen LogP contribution in [-0.4, -0.2) is 32.1 Å². The molecule has 4 heteroatoms. The van der Waals surface area contributed by atoms with Gasteiger partial charge in [0.25, 0.3) is 0 Å². The van der Waals surface area contributed by atoms with Crippen LogP contribution < -0.4 is 0 Å². The van der Waals surface area contributed by atoms with Gasteiger partial charge in [-0.3, -0.25) is 9.11 Å². The minimum absolute atomic E-state index is 0.195. The third kappa shape index (κ3) is 7.46. The lowest BCUT2D eigenvalue weighted by Crippen LogP contribution is -2.46. The zero-order chi connectivity index (χ0) is 24.5. The van der Waals surface area contributed by atoms with Crippen LogP contribution in [0.5, 0.6) is 0 Å². The second-order valence-corrected chi connectivity index (χ2v) is 10.5. The fourth-order valence-electron chi connectivity index (χ4n) is 4.34. The van der Waals surface area contributed by atoms with Gasteiger partial charge in [-0.1, -0.05) is 109 Å². The van der Waals surface area contributed by atoms with Gasteiger partial charge < -0.3 is 5.11 Å². The van der Waals surface area contributed by atoms with Gasteiger partial charge in [-0.25, -0.2) is 0 Å². The highest BCUT2D eigenvalue weighted by molar-refractivity contribution is 7.85. The van der Waals surface area contributed by atoms with E-state index in [0.717, 1.165) is 16.0 Å². The second-order valence-electron chi connectivity index (χ2n) is 9.03. The summed E-state index contributed by atoms with van der Waals surface area (Å²) in [7, 11) is -1.29. The van der Waals surface area contributed by atoms with Crippen LogP contribution in [0.1, 0.15) is 22.3 Å². The van der Waals surface area contributed by atoms with Crippen molar-refractivity contribution in [3.8, 4) is 0 Å². The molecule has 4 rings (SSSR count). The summed E-state index contributed by atoms with van der Waals surface area (Å²) in [5, 5.41) is 11.5. The molecule has 0 aliphatic heterocycles. The van der Waals surface area contributed by atoms with Crippen molar-refractivity contribution in [2.75, 3.05) is 5.75 Å². The molecule has 0 saturated carbocycles. The molecule has 0 spiro atoms. The van der Waals surface area contributed by atoms with Gasteiger partial charge in [0.2, 0.25) is 0 Å². The third-order valence-electron chi connectivity index (χ3n) is 6.26. The summed E-state index contributed by atoms with van der Waals surface area (Å²) >= 11 is 0. The Bertz CT molecular complexity index is 1140. The summed E-state index contributed by atoms with van der Waals surface area (Å²) < 4.78 is 13.2. The van der Waals surface area contributed by atoms with Crippen molar-refractivity contribution >= 4 is 10.8 Å². The highest BCUT2D eigenvalue weighted by atomic mass is 32.2. The normalized spacial score (nSPS) is 13.9. The Balaban J connectivity index is 1.63. The lowest BCUT2D eigenvalue weighted by molar-refractivity contribution is 0.0529. The first-order valence-corrected chi connectivity index (χ1v) is 13.4. The first-order valence-electron chi connectivity index (χ1n) is 12.1. The Morgan fingerprint density at radius 3 is 1.63 bits per heavy atom. The fourth-order valence-corrected chi connectivity index (χ4v) is 5.51. The summed E-state index contributed by atoms with van der Waals surface area (Å²) in [5.41, 5.74) is 4.66. The lowest BCUT2D eigenvalue weighted by Gasteiger charge is -2.35. The van der Waals surface area contributed by atoms with Gasteiger partial charge in [-0.15, -0.1) is 0 Å². The van der Waals surface area contributed by atoms with Crippen molar-refractivity contribution < 1.29 is 9.32 Å². The minimum Gasteiger partial charge on any atom is -0.391 e. The van der Waals surface area contributed by atoms with Gasteiger partial charge in [0.1, 0.15) is 0 Å². The van der Waals surface area contributed by atoms with E-state index in [4.69, 9.17) is 0 Å². The third-order valence-corrected chi connectivity index (χ3v) is 7.71. The van der Waals surface area contributed by atoms with Crippen LogP contribution in [0.3, 0.4) is 0 Å². The number of rotatable bonds is 11. The molecule has 0 radical (unpaired) electrons. The molecule has 3 nitrogen and oxygen atoms in total. The first kappa shape index (κ1) is 25.1. The summed E-state index contributed by atoms with van der Waals surface area (Å²) in [4.78, 5) is 3.08. The highest BCUT2D eigenvalue weighted by Gasteiger charge is 2.28. The molecule has 1 N–H and O–H groups in total. The zero-order valence-electron chi connectivity index (χ0n) is 20.2. The van der Waals surface area contributed by atoms with Gasteiger partial charge in [-0.2, -0.15) is 0 Å². The number of hydrogen-bond donors (Lipinski definition) is 1. The van der Waals surface area contributed by atoms with Gasteiger partial charge in [-0.05, 0) is 42.2 Å². The number of benzene rings is 4. The predicted molar refractivity (Wildman–Crippen MR) is 145 cm³/mol. The topological polar surface area (TPSA) is 40.5 Å². The SMILES string of the molecule is Cc1ccc([S@](=O)C[C@H](O)[C@H](Cc2ccccc2)N(Cc2ccccc2)Cc2ccccc2)cc1. The number of aryl methyl sites for hydroxylation is 1. The van der Waals surface area contributed by atoms with E-state index < -0.39 is 16.9 Å². The van der Waals surface area contributed by atoms with E-state index in [1.165, 1.54) is 11.1 Å². The number of aliphatic hydroxyl groups excluding tert-OH is 1. The average molecular weight is 484 g/mol. The molecule has 0 aliphatic rings. The van der Waals surface area contributed by atoms with E-state index in [0.29, 0.717) is 19.5 Å². The van der Waals surface area contributed by atoms with E-state index in [1.54, 1.807) is 0 Å². The Morgan fingerprint density at radius 1 is 0.686 bits per heavy atom. The van der Waals surface area contributed by atoms with Crippen LogP contribution >= 0.6 is 0 Å². The molecule has 3 atom stereocenters. The van der Waals surface area contributed by atoms with E-state index in [-0.39, 0.29) is 11.8 Å². The maximum Gasteiger partial charge on any atom is 0.0817 e. The van der Waals surface area contributed by atoms with Gasteiger partial charge in [0.05, 0.1) is 22.7 Å². The molecule has 4 aromatic carbocycles. The summed E-state index contributed by atoms with van der Waals surface area (Å²) in [6.45, 7) is 3.41. The molecule has 0 fully saturated rings. The largest absolute Gasteiger partial charge is 0.391 e. The second kappa shape index (κ2) is 12.6. The molecule has 0 bridgehead atoms. The van der Waals surface area contributed by atoms with Gasteiger partial charge in [0, 0.05) is 24.0 Å². The number of hydrogen-bond acceptors (Lipinski definition) is 3. The van der Waals surface area contributed by atoms with Crippen LogP contribution in [0.15, 0.2) is 120 Å². The van der Waals surface area contributed by atoms with E-state index in [2.05, 4.69) is 41.3 Å². The van der Waals surface area contributed by atoms with Crippen molar-refractivity contribution in [2.45, 2.75) is 43.5 Å². The van der Waals surface area contributed by atoms with Crippen LogP contribution in [-0.2, 0) is 30.3 Å². The van der Waals surface area contributed by atoms with Crippen molar-refractivity contribution in [2.24, 2.45) is 0 Å². The summed E-state index contributed by atoms with van der Waals surface area (Å²) in [6.07, 6.45) is -0.0861. The quantitative estimate of drug-likeness (QED) is 0.294. The zero-order valence-corrected chi connectivity index (χ0v) is 21.0. The van der Waals surface area contributed by atoms with Crippen LogP contribution in [0, 0.1) is 6.92 Å². The van der Waals surface area contributed by atoms with Crippen LogP contribution in [0.4, 0.5) is 0 Å². The molecule has 4 aromatic rings. The maximum absolute atomic E-state index is 13.2. The molecular weight excluding hydrogens is 450 g/mol. The van der Waals surface area contributed by atoms with Gasteiger partial charge >= 0.3 is 0 Å². The molecule has 0 saturated heterocycles. The molecule has 35 heavy (non-hydrogen) atoms. The smallest absolute Gasteiger partial charge is 0.0817 e. The van der Waals surface area contributed by atoms with Crippen molar-refractivity contribution in [3.63, 3.8) is 0 Å². The molecular formula is C31H33NO2S. The molecule has 180 valence electrons. The van der Waals surface area contributed by atoms with Crippen molar-refractivity contribution in [3.05, 3.63) is 138 Å². The fraction of sp³-hybridized carbons (Fsp3) is 0.226. The minimum atomic E-state index is -1.29. The Labute approximate surface area is 211 Å². The predicted octanol–water partition coefficient (Wildman–Crippen LogP) is 5.78. The summed E-state index contributed by atoms with van der Waals surface area (Å²) in [5.74, 6) is 0.195. The van der Waals surface area contributed by atoms with Crippen molar-refractivity contribution in [1.82, 2.24) is 4.90 Å². The average Bonchev–Trinajstić information content (AvgIpc) is 2.89. The Hall–Kier alpha value is -3.05. The lowest BCUT2D eigenvalue weighted by atomic mass is 9.98. The van der Waals surface area contributed by atoms with Crippen LogP contribution in [0.2, 0.25) is 0 Å². The molecule has 0 unspecified atom stereocenters. The van der Waals surface area contributed by atoms with E-state index >= 15 is 0 Å². The first-order chi connectivity index (χ1) is 17.1. The molecule has 0 heterocycles. The van der Waals surface area contributed by atoms with E-state index in [1.807, 2.05) is 85.8 Å². The standard InChI is InChI=1S/C31H33NO2S/c1-25-17-19-29(20-18-25)35(34)24-31(33)30(21-26-11-5-2-6-12-26)32(22-27-13-7-3-8-14-27)23-28-15-9-4-10-16-28/h2-20,30-31,33H,21-24H2,1H3/t30-,31-,35+/m0/s1.